The number of nitrogens with one attached hydrogen (secondary N) is 2. The van der Waals surface area contributed by atoms with E-state index in [1.165, 1.54) is 17.1 Å². The van der Waals surface area contributed by atoms with Crippen LogP contribution in [-0.4, -0.2) is 94.5 Å². The molecule has 2 fully saturated rings. The molecule has 3 aliphatic rings. The van der Waals surface area contributed by atoms with Crippen LogP contribution in [0.2, 0.25) is 0 Å². The van der Waals surface area contributed by atoms with Crippen LogP contribution in [0.15, 0.2) is 26.0 Å². The first kappa shape index (κ1) is 27.9. The van der Waals surface area contributed by atoms with Crippen molar-refractivity contribution in [1.29, 1.82) is 0 Å². The molecule has 5 rings (SSSR count). The van der Waals surface area contributed by atoms with E-state index in [-0.39, 0.29) is 49.6 Å². The number of aromatic hydroxyl groups is 1. The summed E-state index contributed by atoms with van der Waals surface area (Å²) in [6.07, 6.45) is 1.89. The van der Waals surface area contributed by atoms with Crippen LogP contribution in [-0.2, 0) is 24.0 Å². The number of hydrogen-bond acceptors (Lipinski definition) is 14. The number of fused-ring (bicyclic) bond motifs is 1. The number of aromatic nitrogens is 2. The maximum absolute atomic E-state index is 13.2. The highest BCUT2D eigenvalue weighted by Crippen LogP contribution is 2.43. The van der Waals surface area contributed by atoms with Gasteiger partial charge in [0.15, 0.2) is 10.8 Å². The highest BCUT2D eigenvalue weighted by atomic mass is 32.2. The molecular weight excluding hydrogens is 609 g/mol. The summed E-state index contributed by atoms with van der Waals surface area (Å²) in [5.41, 5.74) is -0.296. The summed E-state index contributed by atoms with van der Waals surface area (Å²) in [6.45, 7) is 0. The van der Waals surface area contributed by atoms with Gasteiger partial charge in [0, 0.05) is 16.9 Å². The third-order valence-corrected chi connectivity index (χ3v) is 10.0. The fourth-order valence-electron chi connectivity index (χ4n) is 3.71. The zero-order valence-electron chi connectivity index (χ0n) is 19.9. The van der Waals surface area contributed by atoms with Crippen molar-refractivity contribution in [3.05, 3.63) is 27.9 Å². The summed E-state index contributed by atoms with van der Waals surface area (Å²) < 4.78 is 3.83. The van der Waals surface area contributed by atoms with Gasteiger partial charge in [0.1, 0.15) is 34.5 Å². The average molecular weight is 627 g/mol. The molecule has 2 atom stereocenters. The Morgan fingerprint density at radius 2 is 2.05 bits per heavy atom. The highest BCUT2D eigenvalue weighted by Gasteiger charge is 2.54. The van der Waals surface area contributed by atoms with E-state index in [1.54, 1.807) is 0 Å². The number of carboxylic acid groups (broad SMARTS) is 2. The Hall–Kier alpha value is -3.68. The minimum absolute atomic E-state index is 0.0420. The van der Waals surface area contributed by atoms with E-state index < -0.39 is 41.0 Å². The minimum Gasteiger partial charge on any atom is -0.492 e. The lowest BCUT2D eigenvalue weighted by Crippen LogP contribution is -2.71. The monoisotopic (exact) mass is 626 g/mol. The summed E-state index contributed by atoms with van der Waals surface area (Å²) >= 11 is 4.07. The fourth-order valence-corrected chi connectivity index (χ4v) is 7.74. The summed E-state index contributed by atoms with van der Waals surface area (Å²) in [5.74, 6) is -4.49. The summed E-state index contributed by atoms with van der Waals surface area (Å²) in [6, 6.07) is -1.05. The standard InChI is InChI=1S/C21H18N6O9S4/c28-6-22-21-23-9(5-39-21)11(25-36-8-1-2-8)15(30)24-12-16(31)27-13(19(34)35)7(3-37-17(12)27)4-38-20-10(18(32)33)14(29)26-40-20/h5-6,8,12,17H,1-4H2,(H,24,30)(H,26,29)(H,32,33)(H,34,35)(H,22,23,28)/t12-,17+/m1/s1. The first-order valence-electron chi connectivity index (χ1n) is 11.3. The minimum atomic E-state index is -1.37. The molecule has 2 aliphatic heterocycles. The third kappa shape index (κ3) is 5.49. The number of thioether (sulfide) groups is 2. The van der Waals surface area contributed by atoms with Crippen LogP contribution in [0.5, 0.6) is 5.88 Å². The van der Waals surface area contributed by atoms with E-state index in [2.05, 4.69) is 25.1 Å². The van der Waals surface area contributed by atoms with E-state index >= 15 is 0 Å². The van der Waals surface area contributed by atoms with Crippen molar-refractivity contribution in [3.8, 4) is 5.88 Å². The van der Waals surface area contributed by atoms with Gasteiger partial charge in [0.2, 0.25) is 12.3 Å². The smallest absolute Gasteiger partial charge is 0.352 e. The molecular formula is C21H18N6O9S4. The van der Waals surface area contributed by atoms with Gasteiger partial charge >= 0.3 is 11.9 Å². The van der Waals surface area contributed by atoms with E-state index in [4.69, 9.17) is 4.84 Å². The second kappa shape index (κ2) is 11.4. The molecule has 15 nitrogen and oxygen atoms in total. The molecule has 40 heavy (non-hydrogen) atoms. The lowest BCUT2D eigenvalue weighted by atomic mass is 10.0. The molecule has 0 aromatic carbocycles. The highest BCUT2D eigenvalue weighted by molar-refractivity contribution is 8.02. The Balaban J connectivity index is 1.31. The second-order valence-corrected chi connectivity index (χ2v) is 12.4. The number of aromatic carboxylic acids is 1. The number of anilines is 1. The van der Waals surface area contributed by atoms with Crippen molar-refractivity contribution in [3.63, 3.8) is 0 Å². The van der Waals surface area contributed by atoms with Crippen molar-refractivity contribution in [2.24, 2.45) is 5.16 Å². The summed E-state index contributed by atoms with van der Waals surface area (Å²) in [4.78, 5) is 71.1. The first-order valence-corrected chi connectivity index (χ1v) is 15.0. The zero-order chi connectivity index (χ0) is 28.6. The normalized spacial score (nSPS) is 20.4. The number of β-lactam (4-membered cyclic amide) rings is 1. The van der Waals surface area contributed by atoms with Gasteiger partial charge < -0.3 is 30.8 Å². The second-order valence-electron chi connectivity index (χ2n) is 8.43. The molecule has 4 heterocycles. The van der Waals surface area contributed by atoms with Gasteiger partial charge in [-0.05, 0) is 29.9 Å². The number of rotatable bonds is 12. The SMILES string of the molecule is O=CNc1nc(C(=NOC2CC2)C(=O)N[C@@H]2C(=O)N3C(C(=O)O)=C(CSc4snc(O)c4C(=O)O)CS[C@@H]23)cs1. The lowest BCUT2D eigenvalue weighted by molar-refractivity contribution is -0.150. The number of carbonyl (C=O) groups is 5. The van der Waals surface area contributed by atoms with Crippen LogP contribution in [0.1, 0.15) is 28.9 Å². The van der Waals surface area contributed by atoms with Gasteiger partial charge in [-0.3, -0.25) is 19.3 Å². The number of oxime groups is 1. The quantitative estimate of drug-likeness (QED) is 0.0730. The number of aliphatic carboxylic acids is 1. The Morgan fingerprint density at radius 1 is 1.27 bits per heavy atom. The maximum Gasteiger partial charge on any atom is 0.352 e. The number of amides is 3. The Kier molecular flexibility index (Phi) is 7.97. The van der Waals surface area contributed by atoms with Crippen LogP contribution < -0.4 is 10.6 Å². The maximum atomic E-state index is 13.2. The summed E-state index contributed by atoms with van der Waals surface area (Å²) in [5, 5.41) is 38.8. The van der Waals surface area contributed by atoms with Crippen molar-refractivity contribution in [2.45, 2.75) is 34.6 Å². The predicted molar refractivity (Wildman–Crippen MR) is 144 cm³/mol. The van der Waals surface area contributed by atoms with E-state index in [0.717, 1.165) is 52.4 Å². The average Bonchev–Trinajstić information content (AvgIpc) is 3.50. The molecule has 210 valence electrons. The number of carboxylic acids is 2. The molecule has 0 spiro atoms. The van der Waals surface area contributed by atoms with Gasteiger partial charge in [-0.1, -0.05) is 5.16 Å². The molecule has 0 bridgehead atoms. The first-order chi connectivity index (χ1) is 19.2. The van der Waals surface area contributed by atoms with Crippen LogP contribution in [0.4, 0.5) is 5.13 Å². The van der Waals surface area contributed by atoms with Crippen LogP contribution in [0, 0.1) is 0 Å². The third-order valence-electron chi connectivity index (χ3n) is 5.73. The van der Waals surface area contributed by atoms with Crippen molar-refractivity contribution < 1.29 is 44.1 Å². The molecule has 19 heteroatoms. The van der Waals surface area contributed by atoms with Gasteiger partial charge in [0.25, 0.3) is 11.8 Å². The zero-order valence-corrected chi connectivity index (χ0v) is 23.2. The molecule has 1 saturated heterocycles. The molecule has 2 aromatic rings. The number of nitrogens with zero attached hydrogens (tertiary/aromatic N) is 4. The van der Waals surface area contributed by atoms with Crippen molar-refractivity contribution in [2.75, 3.05) is 16.8 Å². The van der Waals surface area contributed by atoms with Gasteiger partial charge in [0.05, 0.1) is 4.21 Å². The number of carbonyl (C=O) groups excluding carboxylic acids is 3. The van der Waals surface area contributed by atoms with Gasteiger partial charge in [-0.25, -0.2) is 14.6 Å². The lowest BCUT2D eigenvalue weighted by Gasteiger charge is -2.49. The molecule has 0 unspecified atom stereocenters. The van der Waals surface area contributed by atoms with Crippen LogP contribution in [0.3, 0.4) is 0 Å². The molecule has 1 aliphatic carbocycles. The number of hydrogen-bond donors (Lipinski definition) is 5. The van der Waals surface area contributed by atoms with Crippen LogP contribution in [0.25, 0.3) is 0 Å². The van der Waals surface area contributed by atoms with Crippen LogP contribution >= 0.6 is 46.4 Å². The Bertz CT molecular complexity index is 1470. The van der Waals surface area contributed by atoms with E-state index in [1.807, 2.05) is 0 Å². The Morgan fingerprint density at radius 3 is 2.73 bits per heavy atom. The van der Waals surface area contributed by atoms with Gasteiger partial charge in [-0.2, -0.15) is 4.37 Å². The molecule has 5 N–H and O–H groups in total. The topological polar surface area (TPSA) is 221 Å². The number of thiazole rings is 1. The molecule has 1 saturated carbocycles. The predicted octanol–water partition coefficient (Wildman–Crippen LogP) is 0.986. The Labute approximate surface area is 240 Å². The van der Waals surface area contributed by atoms with Crippen molar-refractivity contribution >= 4 is 87.4 Å². The fraction of sp³-hybridized carbons (Fsp3) is 0.333. The molecule has 0 radical (unpaired) electrons. The van der Waals surface area contributed by atoms with E-state index in [9.17, 15) is 39.3 Å². The largest absolute Gasteiger partial charge is 0.492 e. The summed E-state index contributed by atoms with van der Waals surface area (Å²) in [7, 11) is 0. The molecule has 2 aromatic heterocycles. The van der Waals surface area contributed by atoms with E-state index in [0.29, 0.717) is 12.0 Å². The molecule has 3 amide bonds. The van der Waals surface area contributed by atoms with Crippen molar-refractivity contribution in [1.82, 2.24) is 19.6 Å². The van der Waals surface area contributed by atoms with Gasteiger partial charge in [-0.15, -0.1) is 34.9 Å².